The summed E-state index contributed by atoms with van der Waals surface area (Å²) in [6, 6.07) is 33.5. The number of rotatable bonds is 8. The minimum absolute atomic E-state index is 0. The fourth-order valence-corrected chi connectivity index (χ4v) is 7.15. The second-order valence-corrected chi connectivity index (χ2v) is 16.0. The summed E-state index contributed by atoms with van der Waals surface area (Å²) in [6.45, 7) is 19.2. The average molecular weight is 945 g/mol. The first-order valence-electron chi connectivity index (χ1n) is 19.3. The van der Waals surface area contributed by atoms with E-state index in [1.54, 1.807) is 24.8 Å². The molecule has 9 rings (SSSR count). The van der Waals surface area contributed by atoms with E-state index in [-0.39, 0.29) is 30.9 Å². The summed E-state index contributed by atoms with van der Waals surface area (Å²) in [5.41, 5.74) is 7.03. The zero-order valence-corrected chi connectivity index (χ0v) is 36.0. The number of fused-ring (bicyclic) bond motifs is 3. The molecule has 299 valence electrons. The first-order valence-corrected chi connectivity index (χ1v) is 19.3. The van der Waals surface area contributed by atoms with Crippen LogP contribution in [0.4, 0.5) is 34.6 Å². The van der Waals surface area contributed by atoms with Gasteiger partial charge in [-0.3, -0.25) is 4.98 Å². The molecule has 1 radical (unpaired) electrons. The van der Waals surface area contributed by atoms with Crippen molar-refractivity contribution in [3.63, 3.8) is 0 Å². The third-order valence-corrected chi connectivity index (χ3v) is 9.71. The van der Waals surface area contributed by atoms with Gasteiger partial charge in [0.05, 0.1) is 11.4 Å². The normalized spacial score (nSPS) is 13.6. The molecule has 0 saturated carbocycles. The van der Waals surface area contributed by atoms with E-state index in [2.05, 4.69) is 112 Å². The molecule has 58 heavy (non-hydrogen) atoms. The van der Waals surface area contributed by atoms with Crippen LogP contribution in [0.1, 0.15) is 65.8 Å². The summed E-state index contributed by atoms with van der Waals surface area (Å²) in [6.07, 6.45) is 12.8. The van der Waals surface area contributed by atoms with Crippen LogP contribution in [-0.4, -0.2) is 47.4 Å². The van der Waals surface area contributed by atoms with Crippen LogP contribution < -0.4 is 19.6 Å². The van der Waals surface area contributed by atoms with E-state index in [9.17, 15) is 0 Å². The molecule has 0 amide bonds. The first kappa shape index (κ1) is 40.5. The number of unbranched alkanes of at least 4 members (excludes halogenated alkanes) is 1. The fraction of sp³-hybridized carbons (Fsp3) is 0.261. The molecule has 11 nitrogen and oxygen atoms in total. The van der Waals surface area contributed by atoms with Gasteiger partial charge in [-0.1, -0.05) is 41.5 Å². The van der Waals surface area contributed by atoms with Crippen molar-refractivity contribution in [2.45, 2.75) is 65.2 Å². The van der Waals surface area contributed by atoms with Gasteiger partial charge in [0, 0.05) is 73.8 Å². The molecule has 12 heteroatoms. The van der Waals surface area contributed by atoms with Gasteiger partial charge >= 0.3 is 0 Å². The molecular weight excluding hydrogens is 899 g/mol. The molecule has 3 aromatic carbocycles. The van der Waals surface area contributed by atoms with E-state index in [0.29, 0.717) is 0 Å². The molecule has 0 aliphatic carbocycles. The van der Waals surface area contributed by atoms with E-state index in [1.165, 1.54) is 5.69 Å². The third kappa shape index (κ3) is 8.30. The number of imidazole rings is 1. The van der Waals surface area contributed by atoms with Crippen LogP contribution in [0, 0.1) is 31.5 Å². The van der Waals surface area contributed by atoms with Gasteiger partial charge in [0.25, 0.3) is 0 Å². The van der Waals surface area contributed by atoms with E-state index in [4.69, 9.17) is 4.98 Å². The summed E-state index contributed by atoms with van der Waals surface area (Å²) >= 11 is 0. The van der Waals surface area contributed by atoms with Gasteiger partial charge in [-0.2, -0.15) is 60.7 Å². The molecule has 6 heterocycles. The Morgan fingerprint density at radius 2 is 1.07 bits per heavy atom. The van der Waals surface area contributed by atoms with E-state index < -0.39 is 0 Å². The molecule has 2 aliphatic heterocycles. The van der Waals surface area contributed by atoms with E-state index in [0.717, 1.165) is 83.2 Å². The molecule has 0 N–H and O–H groups in total. The van der Waals surface area contributed by atoms with Gasteiger partial charge in [0.2, 0.25) is 0 Å². The van der Waals surface area contributed by atoms with Crippen LogP contribution in [-0.2, 0) is 30.9 Å². The summed E-state index contributed by atoms with van der Waals surface area (Å²) in [5, 5.41) is 0. The Hall–Kier alpha value is -5.71. The minimum atomic E-state index is -0.0215. The van der Waals surface area contributed by atoms with Crippen LogP contribution in [0.3, 0.4) is 0 Å². The van der Waals surface area contributed by atoms with Crippen LogP contribution >= 0.6 is 0 Å². The molecule has 4 aromatic heterocycles. The van der Waals surface area contributed by atoms with Gasteiger partial charge < -0.3 is 24.0 Å². The topological polar surface area (TPSA) is 94.7 Å². The fourth-order valence-electron chi connectivity index (χ4n) is 7.15. The molecule has 7 aromatic rings. The summed E-state index contributed by atoms with van der Waals surface area (Å²) in [5.74, 6) is 3.40. The van der Waals surface area contributed by atoms with Crippen LogP contribution in [0.5, 0.6) is 0 Å². The number of anilines is 6. The van der Waals surface area contributed by atoms with Crippen molar-refractivity contribution in [2.75, 3.05) is 32.7 Å². The number of nitrogens with zero attached hydrogens (tertiary/aromatic N) is 11. The van der Waals surface area contributed by atoms with Gasteiger partial charge in [-0.15, -0.1) is 60.6 Å². The Balaban J connectivity index is 0.000000187. The van der Waals surface area contributed by atoms with Gasteiger partial charge in [0.15, 0.2) is 0 Å². The van der Waals surface area contributed by atoms with Crippen molar-refractivity contribution in [2.24, 2.45) is 0 Å². The van der Waals surface area contributed by atoms with Crippen molar-refractivity contribution in [1.82, 2.24) is 34.3 Å². The molecule has 0 unspecified atom stereocenters. The van der Waals surface area contributed by atoms with Crippen molar-refractivity contribution >= 4 is 40.3 Å². The molecule has 0 spiro atoms. The minimum Gasteiger partial charge on any atom is -0.485 e. The predicted molar refractivity (Wildman–Crippen MR) is 226 cm³/mol. The average Bonchev–Trinajstić information content (AvgIpc) is 3.93. The Morgan fingerprint density at radius 1 is 0.569 bits per heavy atom. The second-order valence-electron chi connectivity index (χ2n) is 16.0. The largest absolute Gasteiger partial charge is 0.485 e. The number of hydrogen-bond donors (Lipinski definition) is 0. The standard InChI is InChI=1S/C26H22N8.C20H24N3.Ir/c1-3-9-21(10-4-1)33-19-31(23-25(33)29-15-13-27-23)17-7-8-18-32-20-34(22-11-5-2-6-12-22)26-24(32)28-14-16-30-26;1-19(2,3)16-17(20(4,5)6)23-13-12-21-15(18(23)22-16)14-10-8-7-9-11-14;/h1-6,9,11,13-16,19-20H,7-8,17-18H2;7-10,12-13H,1-6H3;/q-4;-1;. The Labute approximate surface area is 355 Å². The summed E-state index contributed by atoms with van der Waals surface area (Å²) in [7, 11) is 0. The quantitative estimate of drug-likeness (QED) is 0.108. The molecule has 2 aliphatic rings. The molecular formula is C46H46IrN11-5. The van der Waals surface area contributed by atoms with Gasteiger partial charge in [0.1, 0.15) is 28.9 Å². The molecule has 0 bridgehead atoms. The summed E-state index contributed by atoms with van der Waals surface area (Å²) < 4.78 is 2.20. The van der Waals surface area contributed by atoms with Crippen LogP contribution in [0.2, 0.25) is 0 Å². The van der Waals surface area contributed by atoms with E-state index >= 15 is 0 Å². The maximum Gasteiger partial charge on any atom is 0.143 e. The number of benzene rings is 3. The number of aromatic nitrogens is 7. The van der Waals surface area contributed by atoms with E-state index in [1.807, 2.05) is 95.0 Å². The Bertz CT molecular complexity index is 2330. The first-order chi connectivity index (χ1) is 27.6. The Kier molecular flexibility index (Phi) is 11.9. The number of para-hydroxylation sites is 2. The third-order valence-electron chi connectivity index (χ3n) is 9.71. The molecule has 0 atom stereocenters. The molecule has 0 fully saturated rings. The monoisotopic (exact) mass is 945 g/mol. The maximum absolute atomic E-state index is 5.01. The second kappa shape index (κ2) is 17.0. The smallest absolute Gasteiger partial charge is 0.143 e. The van der Waals surface area contributed by atoms with Crippen molar-refractivity contribution < 1.29 is 20.1 Å². The maximum atomic E-state index is 5.01. The Morgan fingerprint density at radius 3 is 1.52 bits per heavy atom. The van der Waals surface area contributed by atoms with Crippen molar-refractivity contribution in [3.05, 3.63) is 153 Å². The molecule has 0 saturated heterocycles. The van der Waals surface area contributed by atoms with Gasteiger partial charge in [-0.05, 0) is 25.9 Å². The summed E-state index contributed by atoms with van der Waals surface area (Å²) in [4.78, 5) is 36.3. The van der Waals surface area contributed by atoms with Crippen LogP contribution in [0.25, 0.3) is 16.9 Å². The van der Waals surface area contributed by atoms with Gasteiger partial charge in [-0.25, -0.2) is 24.9 Å². The SMILES string of the molecule is CC(C)(C)c1nc2c(-c3[c-]cccc3)nccn2c1C(C)(C)C.[Ir].[c-]1ccccc1N1[CH-]N(CCCCN2[CH-]N(c3[c-]cccc3)c3nccnc32)c2nccnc21. The van der Waals surface area contributed by atoms with Crippen molar-refractivity contribution in [1.29, 1.82) is 0 Å². The number of hydrogen-bond acceptors (Lipinski definition) is 10. The predicted octanol–water partition coefficient (Wildman–Crippen LogP) is 9.29. The zero-order valence-electron chi connectivity index (χ0n) is 33.6. The zero-order chi connectivity index (χ0) is 39.6. The van der Waals surface area contributed by atoms with Crippen LogP contribution in [0.15, 0.2) is 110 Å². The van der Waals surface area contributed by atoms with Crippen molar-refractivity contribution in [3.8, 4) is 11.3 Å².